The Morgan fingerprint density at radius 2 is 1.88 bits per heavy atom. The maximum absolute atomic E-state index is 14.0. The Morgan fingerprint density at radius 3 is 2.54 bits per heavy atom. The minimum absolute atomic E-state index is 0.0825. The van der Waals surface area contributed by atoms with E-state index in [0.29, 0.717) is 12.0 Å². The van der Waals surface area contributed by atoms with Gasteiger partial charge in [0.1, 0.15) is 18.2 Å². The number of hydrogen-bond donors (Lipinski definition) is 0. The molecule has 0 atom stereocenters. The smallest absolute Gasteiger partial charge is 0.486 e. The van der Waals surface area contributed by atoms with Crippen LogP contribution in [0.2, 0.25) is 0 Å². The fraction of sp³-hybridized carbons (Fsp3) is 0.278. The van der Waals surface area contributed by atoms with Gasteiger partial charge in [0.05, 0.1) is 7.11 Å². The van der Waals surface area contributed by atoms with Crippen LogP contribution in [0.1, 0.15) is 23.6 Å². The number of halogens is 2. The molecule has 0 aliphatic heterocycles. The molecule has 0 N–H and O–H groups in total. The van der Waals surface area contributed by atoms with Crippen LogP contribution in [-0.2, 0) is 17.8 Å². The molecule has 4 nitrogen and oxygen atoms in total. The van der Waals surface area contributed by atoms with Gasteiger partial charge in [-0.2, -0.15) is 0 Å². The van der Waals surface area contributed by atoms with Crippen LogP contribution in [0.4, 0.5) is 13.6 Å². The van der Waals surface area contributed by atoms with Crippen molar-refractivity contribution in [3.05, 3.63) is 58.7 Å². The lowest BCUT2D eigenvalue weighted by atomic mass is 10.1. The lowest BCUT2D eigenvalue weighted by Gasteiger charge is -2.14. The van der Waals surface area contributed by atoms with Gasteiger partial charge in [0, 0.05) is 11.6 Å². The second-order valence-electron chi connectivity index (χ2n) is 5.12. The highest BCUT2D eigenvalue weighted by atomic mass is 19.1. The Labute approximate surface area is 139 Å². The predicted octanol–water partition coefficient (Wildman–Crippen LogP) is 4.56. The van der Waals surface area contributed by atoms with Crippen molar-refractivity contribution in [1.82, 2.24) is 0 Å². The van der Waals surface area contributed by atoms with E-state index in [4.69, 9.17) is 9.47 Å². The van der Waals surface area contributed by atoms with Crippen LogP contribution in [0.3, 0.4) is 0 Å². The number of benzene rings is 2. The van der Waals surface area contributed by atoms with Crippen molar-refractivity contribution < 1.29 is 27.8 Å². The fourth-order valence-corrected chi connectivity index (χ4v) is 2.19. The van der Waals surface area contributed by atoms with Crippen molar-refractivity contribution in [3.8, 4) is 11.5 Å². The summed E-state index contributed by atoms with van der Waals surface area (Å²) in [6, 6.07) is 7.20. The maximum Gasteiger partial charge on any atom is 0.513 e. The molecular formula is C18H18F2O4. The number of methoxy groups -OCH3 is 1. The highest BCUT2D eigenvalue weighted by molar-refractivity contribution is 5.64. The van der Waals surface area contributed by atoms with Crippen LogP contribution >= 0.6 is 0 Å². The Balaban J connectivity index is 2.23. The number of rotatable bonds is 5. The third-order valence-corrected chi connectivity index (χ3v) is 3.58. The topological polar surface area (TPSA) is 44.8 Å². The second-order valence-corrected chi connectivity index (χ2v) is 5.12. The largest absolute Gasteiger partial charge is 0.513 e. The molecule has 2 rings (SSSR count). The van der Waals surface area contributed by atoms with E-state index in [9.17, 15) is 13.6 Å². The summed E-state index contributed by atoms with van der Waals surface area (Å²) in [7, 11) is 1.20. The van der Waals surface area contributed by atoms with E-state index in [1.165, 1.54) is 7.11 Å². The average Bonchev–Trinajstić information content (AvgIpc) is 2.56. The fourth-order valence-electron chi connectivity index (χ4n) is 2.19. The molecule has 0 spiro atoms. The number of carbonyl (C=O) groups excluding carboxylic acids is 1. The molecule has 0 heterocycles. The lowest BCUT2D eigenvalue weighted by Crippen LogP contribution is -2.11. The molecule has 0 amide bonds. The van der Waals surface area contributed by atoms with Crippen molar-refractivity contribution in [3.63, 3.8) is 0 Å². The van der Waals surface area contributed by atoms with Crippen LogP contribution in [0.15, 0.2) is 30.3 Å². The molecule has 0 saturated heterocycles. The summed E-state index contributed by atoms with van der Waals surface area (Å²) in [5, 5.41) is 0. The molecule has 2 aromatic rings. The van der Waals surface area contributed by atoms with E-state index in [-0.39, 0.29) is 23.7 Å². The van der Waals surface area contributed by atoms with E-state index < -0.39 is 17.8 Å². The van der Waals surface area contributed by atoms with Gasteiger partial charge in [-0.15, -0.1) is 0 Å². The van der Waals surface area contributed by atoms with Gasteiger partial charge in [0.15, 0.2) is 11.6 Å². The lowest BCUT2D eigenvalue weighted by molar-refractivity contribution is 0.120. The molecule has 0 radical (unpaired) electrons. The summed E-state index contributed by atoms with van der Waals surface area (Å²) in [5.41, 5.74) is 1.61. The van der Waals surface area contributed by atoms with Crippen molar-refractivity contribution in [2.45, 2.75) is 26.9 Å². The third kappa shape index (κ3) is 4.01. The molecule has 0 aliphatic rings. The van der Waals surface area contributed by atoms with E-state index >= 15 is 0 Å². The Hall–Kier alpha value is -2.63. The summed E-state index contributed by atoms with van der Waals surface area (Å²) >= 11 is 0. The number of aryl methyl sites for hydroxylation is 2. The molecule has 0 fully saturated rings. The first-order chi connectivity index (χ1) is 11.5. The van der Waals surface area contributed by atoms with E-state index in [1.54, 1.807) is 32.0 Å². The van der Waals surface area contributed by atoms with E-state index in [0.717, 1.165) is 17.7 Å². The molecule has 0 saturated carbocycles. The number of carbonyl (C=O) groups is 1. The van der Waals surface area contributed by atoms with Crippen LogP contribution < -0.4 is 9.47 Å². The summed E-state index contributed by atoms with van der Waals surface area (Å²) < 4.78 is 42.7. The maximum atomic E-state index is 14.0. The Kier molecular flexibility index (Phi) is 5.73. The van der Waals surface area contributed by atoms with Crippen LogP contribution in [-0.4, -0.2) is 13.3 Å². The first kappa shape index (κ1) is 17.7. The molecule has 0 bridgehead atoms. The van der Waals surface area contributed by atoms with Gasteiger partial charge in [-0.3, -0.25) is 0 Å². The Morgan fingerprint density at radius 1 is 1.12 bits per heavy atom. The van der Waals surface area contributed by atoms with Gasteiger partial charge in [0.25, 0.3) is 0 Å². The second kappa shape index (κ2) is 7.77. The summed E-state index contributed by atoms with van der Waals surface area (Å²) in [6.45, 7) is 3.45. The van der Waals surface area contributed by atoms with Gasteiger partial charge >= 0.3 is 6.16 Å². The quantitative estimate of drug-likeness (QED) is 0.593. The average molecular weight is 336 g/mol. The molecule has 0 unspecified atom stereocenters. The molecule has 0 aliphatic carbocycles. The van der Waals surface area contributed by atoms with Gasteiger partial charge in [-0.25, -0.2) is 13.6 Å². The molecule has 128 valence electrons. The van der Waals surface area contributed by atoms with Gasteiger partial charge < -0.3 is 14.2 Å². The van der Waals surface area contributed by atoms with Gasteiger partial charge in [0.2, 0.25) is 0 Å². The van der Waals surface area contributed by atoms with E-state index in [2.05, 4.69) is 4.74 Å². The van der Waals surface area contributed by atoms with Crippen molar-refractivity contribution in [1.29, 1.82) is 0 Å². The predicted molar refractivity (Wildman–Crippen MR) is 84.3 cm³/mol. The summed E-state index contributed by atoms with van der Waals surface area (Å²) in [6.07, 6.45) is -0.482. The first-order valence-corrected chi connectivity index (χ1v) is 7.41. The monoisotopic (exact) mass is 336 g/mol. The molecule has 24 heavy (non-hydrogen) atoms. The van der Waals surface area contributed by atoms with Crippen LogP contribution in [0, 0.1) is 18.6 Å². The van der Waals surface area contributed by atoms with Gasteiger partial charge in [-0.1, -0.05) is 19.1 Å². The van der Waals surface area contributed by atoms with Crippen LogP contribution in [0.5, 0.6) is 11.5 Å². The Bertz CT molecular complexity index is 744. The van der Waals surface area contributed by atoms with Crippen LogP contribution in [0.25, 0.3) is 0 Å². The molecular weight excluding hydrogens is 318 g/mol. The highest BCUT2D eigenvalue weighted by Gasteiger charge is 2.15. The number of ether oxygens (including phenoxy) is 3. The normalized spacial score (nSPS) is 10.4. The zero-order chi connectivity index (χ0) is 17.7. The molecule has 0 aromatic heterocycles. The summed E-state index contributed by atoms with van der Waals surface area (Å²) in [4.78, 5) is 11.3. The summed E-state index contributed by atoms with van der Waals surface area (Å²) in [5.74, 6) is -1.12. The third-order valence-electron chi connectivity index (χ3n) is 3.58. The number of hydrogen-bond acceptors (Lipinski definition) is 4. The molecule has 6 heteroatoms. The molecule has 2 aromatic carbocycles. The van der Waals surface area contributed by atoms with Crippen molar-refractivity contribution in [2.75, 3.05) is 7.11 Å². The highest BCUT2D eigenvalue weighted by Crippen LogP contribution is 2.27. The zero-order valence-corrected chi connectivity index (χ0v) is 13.7. The standard InChI is InChI=1S/C18H18F2O4/c1-4-12-8-15(20)17(9-14(12)19)23-10-13-11(2)6-5-7-16(13)24-18(21)22-3/h5-9H,4,10H2,1-3H3. The van der Waals surface area contributed by atoms with Crippen molar-refractivity contribution >= 4 is 6.16 Å². The minimum Gasteiger partial charge on any atom is -0.486 e. The van der Waals surface area contributed by atoms with Crippen molar-refractivity contribution in [2.24, 2.45) is 0 Å². The SMILES string of the molecule is CCc1cc(F)c(OCc2c(C)cccc2OC(=O)OC)cc1F. The zero-order valence-electron chi connectivity index (χ0n) is 13.7. The first-order valence-electron chi connectivity index (χ1n) is 7.41. The van der Waals surface area contributed by atoms with Gasteiger partial charge in [-0.05, 0) is 36.6 Å². The van der Waals surface area contributed by atoms with E-state index in [1.807, 2.05) is 0 Å². The minimum atomic E-state index is -0.869.